The van der Waals surface area contributed by atoms with Crippen molar-refractivity contribution in [3.05, 3.63) is 55.5 Å². The first-order chi connectivity index (χ1) is 8.16. The Labute approximate surface area is 118 Å². The summed E-state index contributed by atoms with van der Waals surface area (Å²) in [6, 6.07) is 8.93. The van der Waals surface area contributed by atoms with Gasteiger partial charge in [0, 0.05) is 14.5 Å². The molecule has 0 aliphatic heterocycles. The summed E-state index contributed by atoms with van der Waals surface area (Å²) in [5.74, 6) is -0.205. The van der Waals surface area contributed by atoms with Gasteiger partial charge in [-0.1, -0.05) is 12.1 Å². The smallest absolute Gasteiger partial charge is 0.124 e. The molecule has 0 saturated carbocycles. The molecule has 1 unspecified atom stereocenters. The largest absolute Gasteiger partial charge is 0.324 e. The number of benzene rings is 1. The molecule has 90 valence electrons. The lowest BCUT2D eigenvalue weighted by molar-refractivity contribution is 0.617. The van der Waals surface area contributed by atoms with Gasteiger partial charge >= 0.3 is 0 Å². The minimum Gasteiger partial charge on any atom is -0.324 e. The quantitative estimate of drug-likeness (QED) is 0.815. The van der Waals surface area contributed by atoms with Crippen molar-refractivity contribution in [3.63, 3.8) is 0 Å². The van der Waals surface area contributed by atoms with Gasteiger partial charge in [-0.15, -0.1) is 11.3 Å². The van der Waals surface area contributed by atoms with E-state index >= 15 is 0 Å². The van der Waals surface area contributed by atoms with Crippen LogP contribution in [-0.2, 0) is 6.42 Å². The number of hydrogen-bond acceptors (Lipinski definition) is 2. The van der Waals surface area contributed by atoms with Crippen LogP contribution in [0.15, 0.2) is 35.7 Å². The van der Waals surface area contributed by atoms with Gasteiger partial charge in [0.15, 0.2) is 0 Å². The monoisotopic (exact) mass is 361 g/mol. The maximum absolute atomic E-state index is 13.0. The summed E-state index contributed by atoms with van der Waals surface area (Å²) >= 11 is 3.89. The highest BCUT2D eigenvalue weighted by Crippen LogP contribution is 2.24. The van der Waals surface area contributed by atoms with E-state index in [4.69, 9.17) is 5.73 Å². The minimum atomic E-state index is -0.205. The fraction of sp³-hybridized carbons (Fsp3) is 0.231. The summed E-state index contributed by atoms with van der Waals surface area (Å²) in [5, 5.41) is 2.07. The third-order valence-electron chi connectivity index (χ3n) is 2.64. The Balaban J connectivity index is 2.01. The van der Waals surface area contributed by atoms with Crippen LogP contribution in [0.5, 0.6) is 0 Å². The van der Waals surface area contributed by atoms with Crippen LogP contribution in [0.4, 0.5) is 4.39 Å². The van der Waals surface area contributed by atoms with Crippen molar-refractivity contribution < 1.29 is 4.39 Å². The van der Waals surface area contributed by atoms with E-state index in [1.807, 2.05) is 6.07 Å². The fourth-order valence-electron chi connectivity index (χ4n) is 1.71. The molecule has 17 heavy (non-hydrogen) atoms. The average molecular weight is 361 g/mol. The standard InChI is InChI=1S/C13H13FINS/c14-9-3-5-11(12(15)8-9)13(16)6-4-10-2-1-7-17-10/h1-3,5,7-8,13H,4,6,16H2. The molecule has 1 aromatic heterocycles. The van der Waals surface area contributed by atoms with Crippen molar-refractivity contribution in [1.29, 1.82) is 0 Å². The Morgan fingerprint density at radius 1 is 1.35 bits per heavy atom. The Hall–Kier alpha value is -0.460. The molecule has 0 saturated heterocycles. The molecular weight excluding hydrogens is 348 g/mol. The second-order valence-electron chi connectivity index (χ2n) is 3.89. The summed E-state index contributed by atoms with van der Waals surface area (Å²) in [7, 11) is 0. The van der Waals surface area contributed by atoms with Gasteiger partial charge in [0.25, 0.3) is 0 Å². The van der Waals surface area contributed by atoms with Crippen LogP contribution in [-0.4, -0.2) is 0 Å². The summed E-state index contributed by atoms with van der Waals surface area (Å²) in [6.07, 6.45) is 1.87. The molecule has 0 spiro atoms. The van der Waals surface area contributed by atoms with E-state index in [9.17, 15) is 4.39 Å². The normalized spacial score (nSPS) is 12.6. The van der Waals surface area contributed by atoms with Crippen LogP contribution >= 0.6 is 33.9 Å². The second kappa shape index (κ2) is 5.93. The molecule has 0 amide bonds. The molecule has 0 bridgehead atoms. The van der Waals surface area contributed by atoms with Gasteiger partial charge in [-0.3, -0.25) is 0 Å². The van der Waals surface area contributed by atoms with Crippen molar-refractivity contribution in [2.24, 2.45) is 5.73 Å². The van der Waals surface area contributed by atoms with Gasteiger partial charge < -0.3 is 5.73 Å². The summed E-state index contributed by atoms with van der Waals surface area (Å²) in [5.41, 5.74) is 7.17. The van der Waals surface area contributed by atoms with Gasteiger partial charge in [0.05, 0.1) is 0 Å². The Morgan fingerprint density at radius 2 is 2.18 bits per heavy atom. The van der Waals surface area contributed by atoms with Gasteiger partial charge in [0.2, 0.25) is 0 Å². The lowest BCUT2D eigenvalue weighted by Crippen LogP contribution is -2.12. The minimum absolute atomic E-state index is 0.0235. The number of halogens is 2. The molecule has 2 N–H and O–H groups in total. The zero-order valence-corrected chi connectivity index (χ0v) is 12.2. The maximum Gasteiger partial charge on any atom is 0.124 e. The van der Waals surface area contributed by atoms with Crippen molar-refractivity contribution in [2.45, 2.75) is 18.9 Å². The first kappa shape index (κ1) is 13.0. The summed E-state index contributed by atoms with van der Waals surface area (Å²) in [6.45, 7) is 0. The lowest BCUT2D eigenvalue weighted by Gasteiger charge is -2.13. The Bertz CT molecular complexity index is 484. The van der Waals surface area contributed by atoms with E-state index < -0.39 is 0 Å². The topological polar surface area (TPSA) is 26.0 Å². The first-order valence-corrected chi connectivity index (χ1v) is 7.35. The molecule has 4 heteroatoms. The molecule has 2 rings (SSSR count). The van der Waals surface area contributed by atoms with Crippen LogP contribution in [0.2, 0.25) is 0 Å². The van der Waals surface area contributed by atoms with E-state index in [0.29, 0.717) is 0 Å². The number of aryl methyl sites for hydroxylation is 1. The predicted octanol–water partition coefficient (Wildman–Crippen LogP) is 4.12. The van der Waals surface area contributed by atoms with Crippen LogP contribution in [0.3, 0.4) is 0 Å². The van der Waals surface area contributed by atoms with Crippen molar-refractivity contribution in [1.82, 2.24) is 0 Å². The van der Waals surface area contributed by atoms with Crippen molar-refractivity contribution in [3.8, 4) is 0 Å². The lowest BCUT2D eigenvalue weighted by atomic mass is 10.0. The molecule has 1 heterocycles. The Kier molecular flexibility index (Phi) is 4.53. The van der Waals surface area contributed by atoms with E-state index in [1.54, 1.807) is 17.4 Å². The van der Waals surface area contributed by atoms with Crippen LogP contribution in [0.25, 0.3) is 0 Å². The van der Waals surface area contributed by atoms with Crippen LogP contribution < -0.4 is 5.73 Å². The molecule has 0 aliphatic rings. The molecule has 1 aromatic carbocycles. The summed E-state index contributed by atoms with van der Waals surface area (Å²) < 4.78 is 13.9. The van der Waals surface area contributed by atoms with Gasteiger partial charge in [-0.05, 0) is 64.6 Å². The summed E-state index contributed by atoms with van der Waals surface area (Å²) in [4.78, 5) is 1.34. The highest BCUT2D eigenvalue weighted by molar-refractivity contribution is 14.1. The second-order valence-corrected chi connectivity index (χ2v) is 6.08. The molecule has 0 aliphatic carbocycles. The Morgan fingerprint density at radius 3 is 2.82 bits per heavy atom. The van der Waals surface area contributed by atoms with E-state index in [1.165, 1.54) is 17.0 Å². The molecule has 0 fully saturated rings. The number of hydrogen-bond donors (Lipinski definition) is 1. The average Bonchev–Trinajstić information content (AvgIpc) is 2.78. The van der Waals surface area contributed by atoms with E-state index in [2.05, 4.69) is 34.0 Å². The SMILES string of the molecule is NC(CCc1cccs1)c1ccc(F)cc1I. The van der Waals surface area contributed by atoms with Gasteiger partial charge in [-0.25, -0.2) is 4.39 Å². The molecule has 1 atom stereocenters. The van der Waals surface area contributed by atoms with Crippen LogP contribution in [0, 0.1) is 9.39 Å². The maximum atomic E-state index is 13.0. The number of thiophene rings is 1. The van der Waals surface area contributed by atoms with Gasteiger partial charge in [0.1, 0.15) is 5.82 Å². The number of rotatable bonds is 4. The number of nitrogens with two attached hydrogens (primary N) is 1. The van der Waals surface area contributed by atoms with Crippen molar-refractivity contribution in [2.75, 3.05) is 0 Å². The van der Waals surface area contributed by atoms with Crippen LogP contribution in [0.1, 0.15) is 22.9 Å². The fourth-order valence-corrected chi connectivity index (χ4v) is 3.31. The first-order valence-electron chi connectivity index (χ1n) is 5.39. The van der Waals surface area contributed by atoms with Crippen molar-refractivity contribution >= 4 is 33.9 Å². The van der Waals surface area contributed by atoms with Gasteiger partial charge in [-0.2, -0.15) is 0 Å². The molecule has 2 aromatic rings. The van der Waals surface area contributed by atoms with E-state index in [-0.39, 0.29) is 11.9 Å². The third kappa shape index (κ3) is 3.50. The molecule has 0 radical (unpaired) electrons. The zero-order valence-electron chi connectivity index (χ0n) is 9.20. The zero-order chi connectivity index (χ0) is 12.3. The third-order valence-corrected chi connectivity index (χ3v) is 4.51. The predicted molar refractivity (Wildman–Crippen MR) is 78.7 cm³/mol. The highest BCUT2D eigenvalue weighted by Gasteiger charge is 2.10. The highest BCUT2D eigenvalue weighted by atomic mass is 127. The van der Waals surface area contributed by atoms with E-state index in [0.717, 1.165) is 22.0 Å². The molecular formula is C13H13FINS. The molecule has 1 nitrogen and oxygen atoms in total.